The number of hydrogen-bond acceptors (Lipinski definition) is 6. The molecule has 0 aliphatic carbocycles. The lowest BCUT2D eigenvalue weighted by Gasteiger charge is -2.18. The maximum absolute atomic E-state index is 12.8. The summed E-state index contributed by atoms with van der Waals surface area (Å²) in [5, 5.41) is 0. The fourth-order valence-electron chi connectivity index (χ4n) is 8.80. The van der Waals surface area contributed by atoms with E-state index in [0.29, 0.717) is 19.3 Å². The second kappa shape index (κ2) is 53.0. The van der Waals surface area contributed by atoms with E-state index in [1.54, 1.807) is 0 Å². The van der Waals surface area contributed by atoms with Crippen LogP contribution in [0.2, 0.25) is 0 Å². The van der Waals surface area contributed by atoms with Crippen LogP contribution in [0.15, 0.2) is 0 Å². The van der Waals surface area contributed by atoms with Crippen LogP contribution in [0.4, 0.5) is 0 Å². The Morgan fingerprint density at radius 1 is 0.254 bits per heavy atom. The maximum atomic E-state index is 12.8. The van der Waals surface area contributed by atoms with Crippen LogP contribution in [0, 0.1) is 0 Å². The van der Waals surface area contributed by atoms with E-state index >= 15 is 0 Å². The first kappa shape index (κ1) is 61.4. The Morgan fingerprint density at radius 3 is 0.635 bits per heavy atom. The molecule has 0 aromatic rings. The summed E-state index contributed by atoms with van der Waals surface area (Å²) in [6, 6.07) is 0. The van der Waals surface area contributed by atoms with Crippen LogP contribution in [0.1, 0.15) is 329 Å². The van der Waals surface area contributed by atoms with Gasteiger partial charge < -0.3 is 14.2 Å². The third-order valence-electron chi connectivity index (χ3n) is 13.1. The molecule has 0 heterocycles. The summed E-state index contributed by atoms with van der Waals surface area (Å²) in [5.74, 6) is -0.834. The molecule has 0 rings (SSSR count). The normalized spacial score (nSPS) is 11.9. The molecule has 0 saturated carbocycles. The molecule has 0 fully saturated rings. The minimum atomic E-state index is -0.760. The van der Waals surface area contributed by atoms with E-state index in [2.05, 4.69) is 20.8 Å². The first-order valence-electron chi connectivity index (χ1n) is 28.5. The molecule has 0 saturated heterocycles. The van der Waals surface area contributed by atoms with E-state index in [0.717, 1.165) is 57.8 Å². The van der Waals surface area contributed by atoms with Crippen LogP contribution in [0.25, 0.3) is 0 Å². The van der Waals surface area contributed by atoms with Gasteiger partial charge in [0.2, 0.25) is 0 Å². The zero-order valence-corrected chi connectivity index (χ0v) is 42.9. The van der Waals surface area contributed by atoms with E-state index in [1.807, 2.05) is 0 Å². The van der Waals surface area contributed by atoms with E-state index in [4.69, 9.17) is 14.2 Å². The lowest BCUT2D eigenvalue weighted by atomic mass is 10.0. The number of unbranched alkanes of at least 4 members (excludes halogenated alkanes) is 42. The predicted octanol–water partition coefficient (Wildman–Crippen LogP) is 18.8. The van der Waals surface area contributed by atoms with Crippen molar-refractivity contribution in [1.82, 2.24) is 0 Å². The Morgan fingerprint density at radius 2 is 0.429 bits per heavy atom. The number of esters is 3. The summed E-state index contributed by atoms with van der Waals surface area (Å²) in [7, 11) is 0. The summed E-state index contributed by atoms with van der Waals surface area (Å²) in [5.41, 5.74) is 0. The van der Waals surface area contributed by atoms with Crippen molar-refractivity contribution < 1.29 is 28.6 Å². The number of rotatable bonds is 53. The molecular weight excluding hydrogens is 781 g/mol. The molecule has 0 aliphatic rings. The van der Waals surface area contributed by atoms with Crippen molar-refractivity contribution >= 4 is 17.9 Å². The van der Waals surface area contributed by atoms with Crippen molar-refractivity contribution in [1.29, 1.82) is 0 Å². The van der Waals surface area contributed by atoms with Gasteiger partial charge in [0.25, 0.3) is 0 Å². The van der Waals surface area contributed by atoms with Crippen LogP contribution in [-0.2, 0) is 28.6 Å². The van der Waals surface area contributed by atoms with Crippen molar-refractivity contribution in [3.8, 4) is 0 Å². The maximum Gasteiger partial charge on any atom is 0.306 e. The largest absolute Gasteiger partial charge is 0.462 e. The molecule has 0 radical (unpaired) electrons. The van der Waals surface area contributed by atoms with Gasteiger partial charge in [0.1, 0.15) is 13.2 Å². The van der Waals surface area contributed by atoms with Crippen molar-refractivity contribution in [3.63, 3.8) is 0 Å². The van der Waals surface area contributed by atoms with Crippen LogP contribution in [0.5, 0.6) is 0 Å². The number of hydrogen-bond donors (Lipinski definition) is 0. The Balaban J connectivity index is 4.24. The summed E-state index contributed by atoms with van der Waals surface area (Å²) in [6.45, 7) is 6.70. The minimum absolute atomic E-state index is 0.0612. The van der Waals surface area contributed by atoms with Crippen LogP contribution in [0.3, 0.4) is 0 Å². The van der Waals surface area contributed by atoms with Crippen molar-refractivity contribution in [2.75, 3.05) is 13.2 Å². The molecule has 0 aliphatic heterocycles. The lowest BCUT2D eigenvalue weighted by molar-refractivity contribution is -0.167. The van der Waals surface area contributed by atoms with Crippen LogP contribution in [-0.4, -0.2) is 37.2 Å². The minimum Gasteiger partial charge on any atom is -0.462 e. The van der Waals surface area contributed by atoms with Gasteiger partial charge in [-0.25, -0.2) is 0 Å². The lowest BCUT2D eigenvalue weighted by Crippen LogP contribution is -2.30. The third-order valence-corrected chi connectivity index (χ3v) is 13.1. The Kier molecular flexibility index (Phi) is 51.7. The van der Waals surface area contributed by atoms with Gasteiger partial charge in [0, 0.05) is 19.3 Å². The van der Waals surface area contributed by atoms with Gasteiger partial charge in [-0.2, -0.15) is 0 Å². The quantitative estimate of drug-likeness (QED) is 0.0344. The van der Waals surface area contributed by atoms with Gasteiger partial charge >= 0.3 is 17.9 Å². The molecule has 0 aromatic heterocycles. The first-order valence-corrected chi connectivity index (χ1v) is 28.5. The molecule has 0 amide bonds. The van der Waals surface area contributed by atoms with E-state index in [-0.39, 0.29) is 31.1 Å². The van der Waals surface area contributed by atoms with Gasteiger partial charge in [-0.05, 0) is 19.3 Å². The summed E-state index contributed by atoms with van der Waals surface area (Å²) >= 11 is 0. The molecule has 0 bridgehead atoms. The number of ether oxygens (including phenoxy) is 3. The van der Waals surface area contributed by atoms with Crippen LogP contribution < -0.4 is 0 Å². The summed E-state index contributed by atoms with van der Waals surface area (Å²) < 4.78 is 16.9. The average molecular weight is 892 g/mol. The molecule has 0 N–H and O–H groups in total. The highest BCUT2D eigenvalue weighted by Gasteiger charge is 2.19. The second-order valence-corrected chi connectivity index (χ2v) is 19.6. The molecule has 0 spiro atoms. The fourth-order valence-corrected chi connectivity index (χ4v) is 8.80. The standard InChI is InChI=1S/C57H110O6/c1-4-7-10-13-16-19-22-25-27-28-29-30-31-33-36-38-41-44-47-50-56(59)62-53-54(63-57(60)51-48-45-42-39-34-24-21-18-15-12-9-6-3)52-61-55(58)49-46-43-40-37-35-32-26-23-20-17-14-11-8-5-2/h54H,4-53H2,1-3H3/t54-/m0/s1. The number of carbonyl (C=O) groups excluding carboxylic acids is 3. The molecule has 6 heteroatoms. The van der Waals surface area contributed by atoms with Crippen molar-refractivity contribution in [3.05, 3.63) is 0 Å². The third kappa shape index (κ3) is 51.3. The van der Waals surface area contributed by atoms with Gasteiger partial charge in [-0.3, -0.25) is 14.4 Å². The average Bonchev–Trinajstić information content (AvgIpc) is 3.28. The number of carbonyl (C=O) groups is 3. The molecule has 63 heavy (non-hydrogen) atoms. The van der Waals surface area contributed by atoms with E-state index in [9.17, 15) is 14.4 Å². The summed E-state index contributed by atoms with van der Waals surface area (Å²) in [4.78, 5) is 38.1. The highest BCUT2D eigenvalue weighted by molar-refractivity contribution is 5.71. The van der Waals surface area contributed by atoms with E-state index < -0.39 is 6.10 Å². The van der Waals surface area contributed by atoms with Crippen molar-refractivity contribution in [2.24, 2.45) is 0 Å². The first-order chi connectivity index (χ1) is 31.0. The molecular formula is C57H110O6. The monoisotopic (exact) mass is 891 g/mol. The molecule has 0 unspecified atom stereocenters. The van der Waals surface area contributed by atoms with Gasteiger partial charge in [-0.15, -0.1) is 0 Å². The smallest absolute Gasteiger partial charge is 0.306 e. The Labute approximate surface area is 393 Å². The van der Waals surface area contributed by atoms with Gasteiger partial charge in [-0.1, -0.05) is 290 Å². The molecule has 1 atom stereocenters. The second-order valence-electron chi connectivity index (χ2n) is 19.6. The molecule has 374 valence electrons. The van der Waals surface area contributed by atoms with Crippen molar-refractivity contribution in [2.45, 2.75) is 335 Å². The molecule has 6 nitrogen and oxygen atoms in total. The van der Waals surface area contributed by atoms with Gasteiger partial charge in [0.05, 0.1) is 0 Å². The van der Waals surface area contributed by atoms with Gasteiger partial charge in [0.15, 0.2) is 6.10 Å². The zero-order valence-electron chi connectivity index (χ0n) is 42.9. The highest BCUT2D eigenvalue weighted by Crippen LogP contribution is 2.18. The molecule has 0 aromatic carbocycles. The Bertz CT molecular complexity index is 936. The topological polar surface area (TPSA) is 78.9 Å². The highest BCUT2D eigenvalue weighted by atomic mass is 16.6. The Hall–Kier alpha value is -1.59. The van der Waals surface area contributed by atoms with Crippen LogP contribution >= 0.6 is 0 Å². The van der Waals surface area contributed by atoms with E-state index in [1.165, 1.54) is 231 Å². The predicted molar refractivity (Wildman–Crippen MR) is 270 cm³/mol. The summed E-state index contributed by atoms with van der Waals surface area (Å²) in [6.07, 6.45) is 58.1. The SMILES string of the molecule is CCCCCCCCCCCCCCCCCCCCCC(=O)OC[C@H](COC(=O)CCCCCCCCCCCCCCCC)OC(=O)CCCCCCCCCCCCCC. The zero-order chi connectivity index (χ0) is 45.8. The fraction of sp³-hybridized carbons (Fsp3) is 0.947.